The number of thiazole rings is 2. The van der Waals surface area contributed by atoms with Crippen LogP contribution in [0.25, 0.3) is 0 Å². The van der Waals surface area contributed by atoms with Crippen LogP contribution in [0.2, 0.25) is 0 Å². The molecule has 1 N–H and O–H groups in total. The van der Waals surface area contributed by atoms with Gasteiger partial charge in [-0.3, -0.25) is 0 Å². The van der Waals surface area contributed by atoms with E-state index in [1.165, 1.54) is 23.3 Å². The fourth-order valence-corrected chi connectivity index (χ4v) is 3.40. The molecule has 0 saturated heterocycles. The molecule has 0 bridgehead atoms. The van der Waals surface area contributed by atoms with Crippen molar-refractivity contribution in [3.8, 4) is 0 Å². The molecule has 0 radical (unpaired) electrons. The van der Waals surface area contributed by atoms with Crippen LogP contribution in [0.1, 0.15) is 30.9 Å². The van der Waals surface area contributed by atoms with Gasteiger partial charge in [0.2, 0.25) is 0 Å². The lowest BCUT2D eigenvalue weighted by Gasteiger charge is -1.99. The first-order valence-electron chi connectivity index (χ1n) is 5.73. The van der Waals surface area contributed by atoms with Crippen molar-refractivity contribution in [3.05, 3.63) is 26.1 Å². The molecule has 0 amide bonds. The Kier molecular flexibility index (Phi) is 4.16. The predicted octanol–water partition coefficient (Wildman–Crippen LogP) is 2.92. The van der Waals surface area contributed by atoms with Crippen LogP contribution in [0.3, 0.4) is 0 Å². The summed E-state index contributed by atoms with van der Waals surface area (Å²) in [7, 11) is 1.37. The van der Waals surface area contributed by atoms with E-state index in [-0.39, 0.29) is 5.97 Å². The van der Waals surface area contributed by atoms with Gasteiger partial charge in [0.05, 0.1) is 30.1 Å². The summed E-state index contributed by atoms with van der Waals surface area (Å²) in [6, 6.07) is 0. The highest BCUT2D eigenvalue weighted by atomic mass is 32.1. The second-order valence-electron chi connectivity index (χ2n) is 4.02. The maximum Gasteiger partial charge on any atom is 0.350 e. The fraction of sp³-hybridized carbons (Fsp3) is 0.417. The maximum absolute atomic E-state index is 11.5. The molecule has 0 atom stereocenters. The molecule has 2 rings (SSSR count). The maximum atomic E-state index is 11.5. The normalized spacial score (nSPS) is 10.5. The first-order valence-corrected chi connectivity index (χ1v) is 7.37. The van der Waals surface area contributed by atoms with Crippen LogP contribution in [0.15, 0.2) is 0 Å². The first kappa shape index (κ1) is 14.0. The van der Waals surface area contributed by atoms with Crippen molar-refractivity contribution in [2.24, 2.45) is 0 Å². The van der Waals surface area contributed by atoms with Crippen LogP contribution in [0.5, 0.6) is 0 Å². The Hall–Kier alpha value is -1.47. The van der Waals surface area contributed by atoms with Crippen LogP contribution in [0.4, 0.5) is 5.13 Å². The van der Waals surface area contributed by atoms with E-state index >= 15 is 0 Å². The van der Waals surface area contributed by atoms with E-state index in [0.717, 1.165) is 15.8 Å². The number of esters is 1. The highest BCUT2D eigenvalue weighted by Gasteiger charge is 2.15. The zero-order valence-electron chi connectivity index (χ0n) is 11.2. The summed E-state index contributed by atoms with van der Waals surface area (Å²) in [6.45, 7) is 6.46. The van der Waals surface area contributed by atoms with Crippen molar-refractivity contribution in [2.45, 2.75) is 27.3 Å². The van der Waals surface area contributed by atoms with E-state index < -0.39 is 0 Å². The predicted molar refractivity (Wildman–Crippen MR) is 77.1 cm³/mol. The van der Waals surface area contributed by atoms with Crippen molar-refractivity contribution in [1.82, 2.24) is 9.97 Å². The lowest BCUT2D eigenvalue weighted by atomic mass is 10.4. The lowest BCUT2D eigenvalue weighted by molar-refractivity contribution is 0.0605. The number of rotatable bonds is 4. The van der Waals surface area contributed by atoms with Gasteiger partial charge in [-0.2, -0.15) is 0 Å². The third-order valence-electron chi connectivity index (χ3n) is 2.57. The summed E-state index contributed by atoms with van der Waals surface area (Å²) in [6.07, 6.45) is 0. The highest BCUT2D eigenvalue weighted by molar-refractivity contribution is 7.17. The van der Waals surface area contributed by atoms with Crippen LogP contribution in [-0.4, -0.2) is 23.0 Å². The number of anilines is 1. The molecule has 0 aliphatic rings. The molecule has 2 aromatic rings. The van der Waals surface area contributed by atoms with Gasteiger partial charge in [-0.15, -0.1) is 11.3 Å². The Morgan fingerprint density at radius 1 is 1.21 bits per heavy atom. The molecule has 5 nitrogen and oxygen atoms in total. The monoisotopic (exact) mass is 297 g/mol. The summed E-state index contributed by atoms with van der Waals surface area (Å²) < 4.78 is 4.71. The summed E-state index contributed by atoms with van der Waals surface area (Å²) in [5, 5.41) is 5.01. The van der Waals surface area contributed by atoms with Crippen molar-refractivity contribution < 1.29 is 9.53 Å². The number of methoxy groups -OCH3 is 1. The highest BCUT2D eigenvalue weighted by Crippen LogP contribution is 2.25. The summed E-state index contributed by atoms with van der Waals surface area (Å²) in [5.41, 5.74) is 1.73. The van der Waals surface area contributed by atoms with Gasteiger partial charge in [0.1, 0.15) is 4.88 Å². The summed E-state index contributed by atoms with van der Waals surface area (Å²) in [4.78, 5) is 21.9. The van der Waals surface area contributed by atoms with E-state index in [4.69, 9.17) is 4.74 Å². The number of aryl methyl sites for hydroxylation is 3. The van der Waals surface area contributed by atoms with Crippen molar-refractivity contribution in [1.29, 1.82) is 0 Å². The van der Waals surface area contributed by atoms with Crippen LogP contribution < -0.4 is 5.32 Å². The molecule has 0 aliphatic heterocycles. The molecule has 0 aromatic carbocycles. The minimum atomic E-state index is -0.340. The number of aromatic nitrogens is 2. The molecule has 0 spiro atoms. The topological polar surface area (TPSA) is 64.1 Å². The lowest BCUT2D eigenvalue weighted by Crippen LogP contribution is -1.99. The van der Waals surface area contributed by atoms with E-state index in [2.05, 4.69) is 15.3 Å². The van der Waals surface area contributed by atoms with Gasteiger partial charge in [0.25, 0.3) is 0 Å². The minimum Gasteiger partial charge on any atom is -0.465 e. The molecular formula is C12H15N3O2S2. The minimum absolute atomic E-state index is 0.340. The van der Waals surface area contributed by atoms with Gasteiger partial charge < -0.3 is 10.1 Å². The molecule has 0 saturated carbocycles. The van der Waals surface area contributed by atoms with Crippen molar-refractivity contribution in [2.75, 3.05) is 12.4 Å². The van der Waals surface area contributed by atoms with Crippen LogP contribution in [-0.2, 0) is 11.3 Å². The zero-order valence-corrected chi connectivity index (χ0v) is 12.9. The SMILES string of the molecule is COC(=O)c1sc(NCc2sc(C)nc2C)nc1C. The number of carbonyl (C=O) groups excluding carboxylic acids is 1. The average Bonchev–Trinajstić information content (AvgIpc) is 2.88. The average molecular weight is 297 g/mol. The molecule has 0 fully saturated rings. The van der Waals surface area contributed by atoms with E-state index in [1.807, 2.05) is 13.8 Å². The number of hydrogen-bond donors (Lipinski definition) is 1. The summed E-state index contributed by atoms with van der Waals surface area (Å²) >= 11 is 2.98. The van der Waals surface area contributed by atoms with Crippen LogP contribution >= 0.6 is 22.7 Å². The molecule has 102 valence electrons. The third-order valence-corrected chi connectivity index (χ3v) is 4.74. The number of carbonyl (C=O) groups is 1. The fourth-order valence-electron chi connectivity index (χ4n) is 1.65. The summed E-state index contributed by atoms with van der Waals surface area (Å²) in [5.74, 6) is -0.340. The largest absolute Gasteiger partial charge is 0.465 e. The molecule has 2 aromatic heterocycles. The van der Waals surface area contributed by atoms with Crippen molar-refractivity contribution in [3.63, 3.8) is 0 Å². The molecule has 2 heterocycles. The van der Waals surface area contributed by atoms with Crippen LogP contribution in [0, 0.1) is 20.8 Å². The molecular weight excluding hydrogens is 282 g/mol. The number of nitrogens with zero attached hydrogens (tertiary/aromatic N) is 2. The van der Waals surface area contributed by atoms with Crippen molar-refractivity contribution >= 4 is 33.8 Å². The van der Waals surface area contributed by atoms with Gasteiger partial charge in [0, 0.05) is 4.88 Å². The molecule has 7 heteroatoms. The Morgan fingerprint density at radius 3 is 2.53 bits per heavy atom. The number of ether oxygens (including phenoxy) is 1. The smallest absolute Gasteiger partial charge is 0.350 e. The zero-order chi connectivity index (χ0) is 14.0. The molecule has 0 aliphatic carbocycles. The Balaban J connectivity index is 2.08. The quantitative estimate of drug-likeness (QED) is 0.879. The second-order valence-corrected chi connectivity index (χ2v) is 6.31. The van der Waals surface area contributed by atoms with E-state index in [0.29, 0.717) is 17.1 Å². The standard InChI is InChI=1S/C12H15N3O2S2/c1-6-9(18-8(3)14-6)5-13-12-15-7(2)10(19-12)11(16)17-4/h5H2,1-4H3,(H,13,15). The number of nitrogens with one attached hydrogen (secondary N) is 1. The third kappa shape index (κ3) is 3.10. The molecule has 0 unspecified atom stereocenters. The number of hydrogen-bond acceptors (Lipinski definition) is 7. The van der Waals surface area contributed by atoms with Gasteiger partial charge in [-0.1, -0.05) is 11.3 Å². The van der Waals surface area contributed by atoms with Gasteiger partial charge in [-0.05, 0) is 20.8 Å². The Labute approximate surface area is 119 Å². The van der Waals surface area contributed by atoms with Gasteiger partial charge in [0.15, 0.2) is 5.13 Å². The Bertz CT molecular complexity index is 604. The van der Waals surface area contributed by atoms with E-state index in [1.54, 1.807) is 18.3 Å². The Morgan fingerprint density at radius 2 is 1.95 bits per heavy atom. The molecule has 19 heavy (non-hydrogen) atoms. The first-order chi connectivity index (χ1) is 9.01. The second kappa shape index (κ2) is 5.66. The van der Waals surface area contributed by atoms with E-state index in [9.17, 15) is 4.79 Å². The van der Waals surface area contributed by atoms with Gasteiger partial charge in [-0.25, -0.2) is 14.8 Å². The van der Waals surface area contributed by atoms with Gasteiger partial charge >= 0.3 is 5.97 Å².